The van der Waals surface area contributed by atoms with Crippen LogP contribution in [-0.2, 0) is 5.41 Å². The van der Waals surface area contributed by atoms with Gasteiger partial charge in [-0.15, -0.1) is 0 Å². The number of fused-ring (bicyclic) bond motifs is 8. The standard InChI is InChI=1S/C39H29BN2/c1-39(2)31-23-22-30-29-17-9-11-19-35(29)42-36-20-12-10-18-34(36)40(37(31)38(30)42)33-24-21-28(25-32(33)39)41(26-13-5-3-6-14-26)27-15-7-4-8-16-27/h3-25H,1-2H3. The van der Waals surface area contributed by atoms with Gasteiger partial charge in [0.2, 0.25) is 6.71 Å². The van der Waals surface area contributed by atoms with E-state index in [9.17, 15) is 0 Å². The molecule has 9 rings (SSSR count). The minimum absolute atomic E-state index is 0.169. The molecule has 0 aliphatic carbocycles. The molecule has 3 heteroatoms. The number of hydrogen-bond donors (Lipinski definition) is 0. The van der Waals surface area contributed by atoms with Crippen molar-refractivity contribution in [3.8, 4) is 5.69 Å². The average molecular weight is 536 g/mol. The first-order valence-electron chi connectivity index (χ1n) is 14.8. The minimum Gasteiger partial charge on any atom is -0.310 e. The number of nitrogens with zero attached hydrogens (tertiary/aromatic N) is 2. The van der Waals surface area contributed by atoms with Crippen LogP contribution in [0.5, 0.6) is 0 Å². The smallest absolute Gasteiger partial charge is 0.247 e. The Hall–Kier alpha value is -5.02. The van der Waals surface area contributed by atoms with Crippen LogP contribution in [0, 0.1) is 0 Å². The first-order valence-corrected chi connectivity index (χ1v) is 14.8. The molecule has 0 fully saturated rings. The summed E-state index contributed by atoms with van der Waals surface area (Å²) in [6.07, 6.45) is 0. The summed E-state index contributed by atoms with van der Waals surface area (Å²) in [5.74, 6) is 0. The van der Waals surface area contributed by atoms with Gasteiger partial charge < -0.3 is 9.47 Å². The quantitative estimate of drug-likeness (QED) is 0.210. The fraction of sp³-hybridized carbons (Fsp3) is 0.0769. The summed E-state index contributed by atoms with van der Waals surface area (Å²) in [4.78, 5) is 2.38. The summed E-state index contributed by atoms with van der Waals surface area (Å²) in [5.41, 5.74) is 14.4. The second-order valence-electron chi connectivity index (χ2n) is 12.2. The lowest BCUT2D eigenvalue weighted by atomic mass is 9.30. The fourth-order valence-corrected chi connectivity index (χ4v) is 7.81. The van der Waals surface area contributed by atoms with Crippen LogP contribution in [0.3, 0.4) is 0 Å². The monoisotopic (exact) mass is 536 g/mol. The lowest BCUT2D eigenvalue weighted by Gasteiger charge is -2.42. The highest BCUT2D eigenvalue weighted by Crippen LogP contribution is 2.43. The number of para-hydroxylation sites is 4. The molecule has 1 aromatic heterocycles. The van der Waals surface area contributed by atoms with Crippen molar-refractivity contribution >= 4 is 62.0 Å². The highest BCUT2D eigenvalue weighted by atomic mass is 15.1. The molecule has 6 aromatic carbocycles. The highest BCUT2D eigenvalue weighted by molar-refractivity contribution is 6.99. The van der Waals surface area contributed by atoms with Crippen molar-refractivity contribution in [2.75, 3.05) is 4.90 Å². The van der Waals surface area contributed by atoms with Gasteiger partial charge in [0.25, 0.3) is 0 Å². The van der Waals surface area contributed by atoms with Crippen LogP contribution in [-0.4, -0.2) is 11.3 Å². The van der Waals surface area contributed by atoms with Gasteiger partial charge in [-0.1, -0.05) is 110 Å². The van der Waals surface area contributed by atoms with Crippen molar-refractivity contribution in [2.24, 2.45) is 0 Å². The van der Waals surface area contributed by atoms with Crippen LogP contribution in [0.2, 0.25) is 0 Å². The van der Waals surface area contributed by atoms with E-state index in [1.807, 2.05) is 0 Å². The van der Waals surface area contributed by atoms with Gasteiger partial charge in [-0.25, -0.2) is 0 Å². The molecular weight excluding hydrogens is 507 g/mol. The van der Waals surface area contributed by atoms with Crippen LogP contribution >= 0.6 is 0 Å². The zero-order valence-corrected chi connectivity index (χ0v) is 23.8. The lowest BCUT2D eigenvalue weighted by molar-refractivity contribution is 0.646. The van der Waals surface area contributed by atoms with E-state index >= 15 is 0 Å². The largest absolute Gasteiger partial charge is 0.310 e. The average Bonchev–Trinajstić information content (AvgIpc) is 3.38. The van der Waals surface area contributed by atoms with Crippen molar-refractivity contribution in [2.45, 2.75) is 19.3 Å². The van der Waals surface area contributed by atoms with Crippen LogP contribution in [0.15, 0.2) is 140 Å². The molecule has 42 heavy (non-hydrogen) atoms. The van der Waals surface area contributed by atoms with E-state index in [0.717, 1.165) is 11.4 Å². The number of aromatic nitrogens is 1. The predicted octanol–water partition coefficient (Wildman–Crippen LogP) is 7.72. The van der Waals surface area contributed by atoms with Crippen LogP contribution < -0.4 is 21.3 Å². The first-order chi connectivity index (χ1) is 20.6. The topological polar surface area (TPSA) is 8.17 Å². The van der Waals surface area contributed by atoms with Crippen molar-refractivity contribution < 1.29 is 0 Å². The fourth-order valence-electron chi connectivity index (χ4n) is 7.81. The van der Waals surface area contributed by atoms with E-state index in [-0.39, 0.29) is 12.1 Å². The Morgan fingerprint density at radius 2 is 1.21 bits per heavy atom. The SMILES string of the molecule is CC1(C)c2cc(N(c3ccccc3)c3ccccc3)ccc2B2c3ccccc3-n3c4ccccc4c4ccc1c2c43. The Morgan fingerprint density at radius 3 is 1.98 bits per heavy atom. The molecule has 0 spiro atoms. The molecule has 7 aromatic rings. The normalized spacial score (nSPS) is 14.1. The molecule has 2 aliphatic rings. The summed E-state index contributed by atoms with van der Waals surface area (Å²) < 4.78 is 2.53. The van der Waals surface area contributed by atoms with Crippen LogP contribution in [0.1, 0.15) is 25.0 Å². The van der Waals surface area contributed by atoms with Gasteiger partial charge in [0.05, 0.1) is 5.52 Å². The third kappa shape index (κ3) is 3.06. The predicted molar refractivity (Wildman–Crippen MR) is 179 cm³/mol. The van der Waals surface area contributed by atoms with Crippen LogP contribution in [0.25, 0.3) is 27.5 Å². The van der Waals surface area contributed by atoms with Gasteiger partial charge in [0, 0.05) is 44.5 Å². The maximum Gasteiger partial charge on any atom is 0.247 e. The Bertz CT molecular complexity index is 2140. The summed E-state index contributed by atoms with van der Waals surface area (Å²) in [7, 11) is 0. The van der Waals surface area contributed by atoms with Crippen molar-refractivity contribution in [3.05, 3.63) is 151 Å². The molecule has 0 radical (unpaired) electrons. The molecule has 198 valence electrons. The van der Waals surface area contributed by atoms with Gasteiger partial charge in [0.15, 0.2) is 0 Å². The summed E-state index contributed by atoms with van der Waals surface area (Å²) in [6.45, 7) is 5.01. The molecule has 2 nitrogen and oxygen atoms in total. The van der Waals surface area contributed by atoms with Gasteiger partial charge in [-0.3, -0.25) is 0 Å². The molecule has 0 N–H and O–H groups in total. The highest BCUT2D eigenvalue weighted by Gasteiger charge is 2.45. The number of anilines is 3. The van der Waals surface area contributed by atoms with E-state index in [1.165, 1.54) is 60.7 Å². The molecule has 3 heterocycles. The van der Waals surface area contributed by atoms with E-state index in [2.05, 4.69) is 163 Å². The van der Waals surface area contributed by atoms with Crippen molar-refractivity contribution in [1.29, 1.82) is 0 Å². The lowest BCUT2D eigenvalue weighted by Crippen LogP contribution is -2.63. The zero-order valence-electron chi connectivity index (χ0n) is 23.8. The molecule has 0 atom stereocenters. The summed E-state index contributed by atoms with van der Waals surface area (Å²) in [6, 6.07) is 51.3. The Balaban J connectivity index is 1.34. The molecule has 0 amide bonds. The van der Waals surface area contributed by atoms with E-state index in [4.69, 9.17) is 0 Å². The van der Waals surface area contributed by atoms with Gasteiger partial charge in [-0.05, 0) is 70.6 Å². The number of benzene rings is 6. The molecule has 2 aliphatic heterocycles. The molecular formula is C39H29BN2. The van der Waals surface area contributed by atoms with Gasteiger partial charge >= 0.3 is 0 Å². The Morgan fingerprint density at radius 1 is 0.548 bits per heavy atom. The molecule has 0 saturated carbocycles. The summed E-state index contributed by atoms with van der Waals surface area (Å²) >= 11 is 0. The zero-order chi connectivity index (χ0) is 28.0. The molecule has 0 saturated heterocycles. The van der Waals surface area contributed by atoms with Gasteiger partial charge in [0.1, 0.15) is 0 Å². The molecule has 0 bridgehead atoms. The minimum atomic E-state index is -0.169. The van der Waals surface area contributed by atoms with Crippen LogP contribution in [0.4, 0.5) is 17.1 Å². The maximum absolute atomic E-state index is 2.53. The Kier molecular flexibility index (Phi) is 4.79. The number of hydrogen-bond acceptors (Lipinski definition) is 1. The number of rotatable bonds is 3. The second-order valence-corrected chi connectivity index (χ2v) is 12.2. The van der Waals surface area contributed by atoms with E-state index in [1.54, 1.807) is 0 Å². The summed E-state index contributed by atoms with van der Waals surface area (Å²) in [5, 5.41) is 2.67. The third-order valence-corrected chi connectivity index (χ3v) is 9.63. The van der Waals surface area contributed by atoms with Crippen molar-refractivity contribution in [1.82, 2.24) is 4.57 Å². The van der Waals surface area contributed by atoms with E-state index in [0.29, 0.717) is 0 Å². The van der Waals surface area contributed by atoms with Crippen molar-refractivity contribution in [3.63, 3.8) is 0 Å². The second kappa shape index (κ2) is 8.50. The molecule has 0 unspecified atom stereocenters. The Labute approximate surface area is 246 Å². The van der Waals surface area contributed by atoms with Gasteiger partial charge in [-0.2, -0.15) is 0 Å². The van der Waals surface area contributed by atoms with E-state index < -0.39 is 0 Å². The first kappa shape index (κ1) is 23.7. The maximum atomic E-state index is 2.53. The third-order valence-electron chi connectivity index (χ3n) is 9.63.